The zero-order chi connectivity index (χ0) is 17.9. The first-order valence-corrected chi connectivity index (χ1v) is 7.29. The molecule has 0 aromatic heterocycles. The molecular weight excluding hydrogens is 312 g/mol. The van der Waals surface area contributed by atoms with E-state index in [2.05, 4.69) is 0 Å². The number of hydrogen-bond donors (Lipinski definition) is 2. The lowest BCUT2D eigenvalue weighted by Crippen LogP contribution is -2.22. The summed E-state index contributed by atoms with van der Waals surface area (Å²) in [6.07, 6.45) is -1.60. The molecule has 0 radical (unpaired) electrons. The topological polar surface area (TPSA) is 93.1 Å². The van der Waals surface area contributed by atoms with Gasteiger partial charge in [0.1, 0.15) is 11.5 Å². The van der Waals surface area contributed by atoms with E-state index in [1.165, 1.54) is 13.8 Å². The van der Waals surface area contributed by atoms with Crippen molar-refractivity contribution in [3.8, 4) is 11.5 Å². The molecule has 24 heavy (non-hydrogen) atoms. The zero-order valence-electron chi connectivity index (χ0n) is 13.5. The van der Waals surface area contributed by atoms with Crippen LogP contribution in [0.2, 0.25) is 0 Å². The highest BCUT2D eigenvalue weighted by Crippen LogP contribution is 2.11. The van der Waals surface area contributed by atoms with Gasteiger partial charge < -0.3 is 19.7 Å². The highest BCUT2D eigenvalue weighted by molar-refractivity contribution is 5.72. The van der Waals surface area contributed by atoms with Crippen molar-refractivity contribution >= 4 is 11.9 Å². The largest absolute Gasteiger partial charge is 0.479 e. The molecule has 128 valence electrons. The van der Waals surface area contributed by atoms with Crippen LogP contribution in [0.1, 0.15) is 13.8 Å². The molecule has 2 N–H and O–H groups in total. The first-order chi connectivity index (χ1) is 11.4. The molecule has 0 spiro atoms. The SMILES string of the molecule is CC(Oc1ccccc1)C(=O)O.CC(Oc1ccccc1)C(=O)O. The van der Waals surface area contributed by atoms with Crippen molar-refractivity contribution in [2.75, 3.05) is 0 Å². The Labute approximate surface area is 140 Å². The van der Waals surface area contributed by atoms with Gasteiger partial charge >= 0.3 is 11.9 Å². The molecule has 0 heterocycles. The summed E-state index contributed by atoms with van der Waals surface area (Å²) in [6, 6.07) is 17.8. The minimum Gasteiger partial charge on any atom is -0.479 e. The predicted octanol–water partition coefficient (Wildman–Crippen LogP) is 3.08. The predicted molar refractivity (Wildman–Crippen MR) is 88.3 cm³/mol. The fourth-order valence-electron chi connectivity index (χ4n) is 1.51. The van der Waals surface area contributed by atoms with Crippen LogP contribution in [0.4, 0.5) is 0 Å². The lowest BCUT2D eigenvalue weighted by molar-refractivity contribution is -0.145. The van der Waals surface area contributed by atoms with Crippen LogP contribution in [-0.4, -0.2) is 34.4 Å². The normalized spacial score (nSPS) is 12.1. The maximum Gasteiger partial charge on any atom is 0.344 e. The number of para-hydroxylation sites is 2. The number of aliphatic carboxylic acids is 2. The van der Waals surface area contributed by atoms with Gasteiger partial charge in [-0.1, -0.05) is 36.4 Å². The lowest BCUT2D eigenvalue weighted by Gasteiger charge is -2.09. The van der Waals surface area contributed by atoms with Gasteiger partial charge in [0.15, 0.2) is 12.2 Å². The number of hydrogen-bond acceptors (Lipinski definition) is 4. The van der Waals surface area contributed by atoms with Crippen LogP contribution in [0.15, 0.2) is 60.7 Å². The van der Waals surface area contributed by atoms with E-state index in [0.29, 0.717) is 11.5 Å². The molecule has 0 saturated heterocycles. The summed E-state index contributed by atoms with van der Waals surface area (Å²) in [5.74, 6) is -0.766. The summed E-state index contributed by atoms with van der Waals surface area (Å²) in [5.41, 5.74) is 0. The molecule has 6 nitrogen and oxygen atoms in total. The highest BCUT2D eigenvalue weighted by Gasteiger charge is 2.12. The average Bonchev–Trinajstić information content (AvgIpc) is 2.57. The molecule has 0 bridgehead atoms. The standard InChI is InChI=1S/2C9H10O3/c2*1-7(9(10)11)12-8-5-3-2-4-6-8/h2*2-7H,1H3,(H,10,11). The van der Waals surface area contributed by atoms with E-state index < -0.39 is 24.1 Å². The Kier molecular flexibility index (Phi) is 7.84. The van der Waals surface area contributed by atoms with Gasteiger partial charge in [-0.15, -0.1) is 0 Å². The summed E-state index contributed by atoms with van der Waals surface area (Å²) in [7, 11) is 0. The van der Waals surface area contributed by atoms with Crippen LogP contribution in [0.5, 0.6) is 11.5 Å². The van der Waals surface area contributed by atoms with Crippen LogP contribution < -0.4 is 9.47 Å². The van der Waals surface area contributed by atoms with Gasteiger partial charge in [-0.25, -0.2) is 9.59 Å². The lowest BCUT2D eigenvalue weighted by atomic mass is 10.3. The highest BCUT2D eigenvalue weighted by atomic mass is 16.5. The minimum absolute atomic E-state index is 0.576. The Balaban J connectivity index is 0.000000240. The summed E-state index contributed by atoms with van der Waals surface area (Å²) in [4.78, 5) is 20.8. The molecular formula is C18H20O6. The third-order valence-electron chi connectivity index (χ3n) is 2.81. The van der Waals surface area contributed by atoms with Crippen molar-refractivity contribution in [1.82, 2.24) is 0 Å². The second kappa shape index (κ2) is 9.89. The van der Waals surface area contributed by atoms with Gasteiger partial charge in [-0.2, -0.15) is 0 Å². The Morgan fingerprint density at radius 3 is 1.25 bits per heavy atom. The van der Waals surface area contributed by atoms with E-state index in [4.69, 9.17) is 19.7 Å². The number of carboxylic acid groups (broad SMARTS) is 2. The number of carboxylic acids is 2. The molecule has 0 fully saturated rings. The molecule has 0 saturated carbocycles. The van der Waals surface area contributed by atoms with Crippen LogP contribution in [0.3, 0.4) is 0 Å². The van der Waals surface area contributed by atoms with E-state index in [1.807, 2.05) is 12.1 Å². The molecule has 2 rings (SSSR count). The van der Waals surface area contributed by atoms with Crippen molar-refractivity contribution in [3.05, 3.63) is 60.7 Å². The number of ether oxygens (including phenoxy) is 2. The maximum atomic E-state index is 10.4. The van der Waals surface area contributed by atoms with E-state index in [9.17, 15) is 9.59 Å². The van der Waals surface area contributed by atoms with Crippen LogP contribution in [-0.2, 0) is 9.59 Å². The molecule has 0 amide bonds. The van der Waals surface area contributed by atoms with Gasteiger partial charge in [0.25, 0.3) is 0 Å². The molecule has 2 atom stereocenters. The Hall–Kier alpha value is -3.02. The summed E-state index contributed by atoms with van der Waals surface area (Å²) in [5, 5.41) is 17.0. The van der Waals surface area contributed by atoms with Crippen molar-refractivity contribution in [3.63, 3.8) is 0 Å². The average molecular weight is 332 g/mol. The summed E-state index contributed by atoms with van der Waals surface area (Å²) in [6.45, 7) is 2.99. The zero-order valence-corrected chi connectivity index (χ0v) is 13.5. The maximum absolute atomic E-state index is 10.4. The van der Waals surface area contributed by atoms with Gasteiger partial charge in [0.2, 0.25) is 0 Å². The second-order valence-electron chi connectivity index (χ2n) is 4.82. The Morgan fingerprint density at radius 2 is 1.00 bits per heavy atom. The molecule has 6 heteroatoms. The van der Waals surface area contributed by atoms with Crippen molar-refractivity contribution < 1.29 is 29.3 Å². The fourth-order valence-corrected chi connectivity index (χ4v) is 1.51. The smallest absolute Gasteiger partial charge is 0.344 e. The van der Waals surface area contributed by atoms with Crippen molar-refractivity contribution in [2.24, 2.45) is 0 Å². The second-order valence-corrected chi connectivity index (χ2v) is 4.82. The summed E-state index contributed by atoms with van der Waals surface area (Å²) < 4.78 is 10.2. The van der Waals surface area contributed by atoms with E-state index in [0.717, 1.165) is 0 Å². The van der Waals surface area contributed by atoms with E-state index >= 15 is 0 Å². The number of rotatable bonds is 6. The number of benzene rings is 2. The van der Waals surface area contributed by atoms with E-state index in [1.54, 1.807) is 48.5 Å². The van der Waals surface area contributed by atoms with Gasteiger partial charge in [0, 0.05) is 0 Å². The van der Waals surface area contributed by atoms with Crippen LogP contribution in [0, 0.1) is 0 Å². The molecule has 0 aliphatic carbocycles. The van der Waals surface area contributed by atoms with Gasteiger partial charge in [-0.05, 0) is 38.1 Å². The molecule has 0 aliphatic heterocycles. The first kappa shape index (κ1) is 19.0. The van der Waals surface area contributed by atoms with Crippen LogP contribution in [0.25, 0.3) is 0 Å². The third-order valence-corrected chi connectivity index (χ3v) is 2.81. The third kappa shape index (κ3) is 7.31. The fraction of sp³-hybridized carbons (Fsp3) is 0.222. The molecule has 2 aromatic carbocycles. The molecule has 0 aliphatic rings. The summed E-state index contributed by atoms with van der Waals surface area (Å²) >= 11 is 0. The monoisotopic (exact) mass is 332 g/mol. The first-order valence-electron chi connectivity index (χ1n) is 7.29. The van der Waals surface area contributed by atoms with E-state index in [-0.39, 0.29) is 0 Å². The van der Waals surface area contributed by atoms with Gasteiger partial charge in [-0.3, -0.25) is 0 Å². The number of carbonyl (C=O) groups is 2. The molecule has 2 unspecified atom stereocenters. The Morgan fingerprint density at radius 1 is 0.708 bits per heavy atom. The van der Waals surface area contributed by atoms with Crippen LogP contribution >= 0.6 is 0 Å². The van der Waals surface area contributed by atoms with Gasteiger partial charge in [0.05, 0.1) is 0 Å². The van der Waals surface area contributed by atoms with Crippen molar-refractivity contribution in [2.45, 2.75) is 26.1 Å². The quantitative estimate of drug-likeness (QED) is 0.844. The Bertz CT molecular complexity index is 569. The minimum atomic E-state index is -0.959. The molecule has 2 aromatic rings. The van der Waals surface area contributed by atoms with Crippen molar-refractivity contribution in [1.29, 1.82) is 0 Å².